The van der Waals surface area contributed by atoms with Gasteiger partial charge in [0, 0.05) is 13.6 Å². The van der Waals surface area contributed by atoms with Crippen LogP contribution in [0.1, 0.15) is 0 Å². The summed E-state index contributed by atoms with van der Waals surface area (Å²) in [6, 6.07) is 0. The molecule has 0 bridgehead atoms. The molecule has 0 aromatic carbocycles. The van der Waals surface area contributed by atoms with Crippen molar-refractivity contribution < 1.29 is 18.3 Å². The average Bonchev–Trinajstić information content (AvgIpc) is 1.95. The standard InChI is InChI=1S/C5H11NO4S/c1-6-2-5(3-7)10-4-11(6,8)9/h5,7H,2-4H2,1H3. The first kappa shape index (κ1) is 8.92. The zero-order valence-corrected chi connectivity index (χ0v) is 7.04. The minimum atomic E-state index is -3.20. The van der Waals surface area contributed by atoms with Crippen molar-refractivity contribution in [2.75, 3.05) is 26.1 Å². The number of hydrogen-bond donors (Lipinski definition) is 1. The highest BCUT2D eigenvalue weighted by Crippen LogP contribution is 2.09. The summed E-state index contributed by atoms with van der Waals surface area (Å²) in [5.74, 6) is -0.325. The van der Waals surface area contributed by atoms with E-state index in [9.17, 15) is 8.42 Å². The number of nitrogens with zero attached hydrogens (tertiary/aromatic N) is 1. The molecule has 66 valence electrons. The van der Waals surface area contributed by atoms with Crippen LogP contribution in [0.25, 0.3) is 0 Å². The number of sulfonamides is 1. The Balaban J connectivity index is 2.62. The number of aliphatic hydroxyl groups excluding tert-OH is 1. The Kier molecular flexibility index (Phi) is 2.48. The third kappa shape index (κ3) is 1.90. The van der Waals surface area contributed by atoms with Crippen LogP contribution < -0.4 is 0 Å². The Morgan fingerprint density at radius 2 is 2.36 bits per heavy atom. The summed E-state index contributed by atoms with van der Waals surface area (Å²) >= 11 is 0. The molecule has 1 aliphatic rings. The van der Waals surface area contributed by atoms with Gasteiger partial charge in [-0.1, -0.05) is 0 Å². The molecule has 1 heterocycles. The number of hydrogen-bond acceptors (Lipinski definition) is 4. The zero-order valence-electron chi connectivity index (χ0n) is 6.23. The maximum absolute atomic E-state index is 11.0. The van der Waals surface area contributed by atoms with Crippen LogP contribution in [-0.2, 0) is 14.8 Å². The van der Waals surface area contributed by atoms with Gasteiger partial charge in [-0.05, 0) is 0 Å². The van der Waals surface area contributed by atoms with Crippen molar-refractivity contribution in [3.63, 3.8) is 0 Å². The summed E-state index contributed by atoms with van der Waals surface area (Å²) in [6.07, 6.45) is -0.372. The second-order valence-corrected chi connectivity index (χ2v) is 4.50. The summed E-state index contributed by atoms with van der Waals surface area (Å²) in [6.45, 7) is 0.0959. The van der Waals surface area contributed by atoms with E-state index in [0.717, 1.165) is 0 Å². The first-order valence-electron chi connectivity index (χ1n) is 3.23. The van der Waals surface area contributed by atoms with Gasteiger partial charge >= 0.3 is 0 Å². The Hall–Kier alpha value is -0.170. The lowest BCUT2D eigenvalue weighted by molar-refractivity contribution is 0.0130. The van der Waals surface area contributed by atoms with Gasteiger partial charge in [-0.15, -0.1) is 0 Å². The monoisotopic (exact) mass is 181 g/mol. The van der Waals surface area contributed by atoms with E-state index in [1.54, 1.807) is 0 Å². The van der Waals surface area contributed by atoms with E-state index in [1.807, 2.05) is 0 Å². The molecule has 0 spiro atoms. The van der Waals surface area contributed by atoms with Crippen LogP contribution in [0.15, 0.2) is 0 Å². The van der Waals surface area contributed by atoms with Gasteiger partial charge in [-0.25, -0.2) is 12.7 Å². The van der Waals surface area contributed by atoms with E-state index in [0.29, 0.717) is 0 Å². The fourth-order valence-electron chi connectivity index (χ4n) is 0.836. The molecule has 1 N–H and O–H groups in total. The van der Waals surface area contributed by atoms with Gasteiger partial charge in [0.05, 0.1) is 12.7 Å². The Bertz CT molecular complexity index is 225. The van der Waals surface area contributed by atoms with Crippen LogP contribution in [0.5, 0.6) is 0 Å². The number of likely N-dealkylation sites (N-methyl/N-ethyl adjacent to an activating group) is 1. The van der Waals surface area contributed by atoms with Crippen molar-refractivity contribution in [3.05, 3.63) is 0 Å². The van der Waals surface area contributed by atoms with Crippen molar-refractivity contribution in [2.45, 2.75) is 6.10 Å². The summed E-state index contributed by atoms with van der Waals surface area (Å²) in [4.78, 5) is 0. The minimum Gasteiger partial charge on any atom is -0.394 e. The fourth-order valence-corrected chi connectivity index (χ4v) is 1.77. The van der Waals surface area contributed by atoms with Gasteiger partial charge in [-0.2, -0.15) is 0 Å². The molecule has 0 amide bonds. The zero-order chi connectivity index (χ0) is 8.48. The van der Waals surface area contributed by atoms with Gasteiger partial charge in [0.25, 0.3) is 0 Å². The van der Waals surface area contributed by atoms with Crippen LogP contribution in [0, 0.1) is 0 Å². The first-order valence-corrected chi connectivity index (χ1v) is 4.83. The Morgan fingerprint density at radius 3 is 2.82 bits per heavy atom. The lowest BCUT2D eigenvalue weighted by Gasteiger charge is -2.28. The summed E-state index contributed by atoms with van der Waals surface area (Å²) in [5, 5.41) is 8.63. The molecular weight excluding hydrogens is 170 g/mol. The minimum absolute atomic E-state index is 0.139. The number of aliphatic hydroxyl groups is 1. The molecule has 0 saturated carbocycles. The predicted octanol–water partition coefficient (Wildman–Crippen LogP) is -1.40. The topological polar surface area (TPSA) is 66.8 Å². The molecule has 11 heavy (non-hydrogen) atoms. The van der Waals surface area contributed by atoms with E-state index in [-0.39, 0.29) is 25.2 Å². The van der Waals surface area contributed by atoms with E-state index in [1.165, 1.54) is 11.4 Å². The normalized spacial score (nSPS) is 32.0. The van der Waals surface area contributed by atoms with E-state index in [2.05, 4.69) is 0 Å². The van der Waals surface area contributed by atoms with Gasteiger partial charge in [0.1, 0.15) is 0 Å². The molecule has 0 aliphatic carbocycles. The van der Waals surface area contributed by atoms with Gasteiger partial charge in [0.15, 0.2) is 5.94 Å². The van der Waals surface area contributed by atoms with Crippen LogP contribution in [0.3, 0.4) is 0 Å². The van der Waals surface area contributed by atoms with E-state index < -0.39 is 10.0 Å². The highest BCUT2D eigenvalue weighted by atomic mass is 32.2. The molecule has 1 atom stereocenters. The Morgan fingerprint density at radius 1 is 1.73 bits per heavy atom. The van der Waals surface area contributed by atoms with Gasteiger partial charge < -0.3 is 9.84 Å². The van der Waals surface area contributed by atoms with Gasteiger partial charge in [0.2, 0.25) is 10.0 Å². The molecule has 0 radical (unpaired) electrons. The van der Waals surface area contributed by atoms with Gasteiger partial charge in [-0.3, -0.25) is 0 Å². The van der Waals surface area contributed by atoms with Crippen LogP contribution in [-0.4, -0.2) is 50.1 Å². The molecule has 1 saturated heterocycles. The van der Waals surface area contributed by atoms with Crippen molar-refractivity contribution >= 4 is 10.0 Å². The summed E-state index contributed by atoms with van der Waals surface area (Å²) in [7, 11) is -1.73. The van der Waals surface area contributed by atoms with Crippen molar-refractivity contribution in [3.8, 4) is 0 Å². The second-order valence-electron chi connectivity index (χ2n) is 2.48. The SMILES string of the molecule is CN1CC(CO)OCS1(=O)=O. The molecule has 1 rings (SSSR count). The van der Waals surface area contributed by atoms with Crippen molar-refractivity contribution in [1.29, 1.82) is 0 Å². The molecule has 1 aliphatic heterocycles. The largest absolute Gasteiger partial charge is 0.394 e. The molecule has 6 heteroatoms. The third-order valence-corrected chi connectivity index (χ3v) is 3.12. The van der Waals surface area contributed by atoms with E-state index >= 15 is 0 Å². The second kappa shape index (κ2) is 3.06. The Labute approximate surface area is 65.6 Å². The molecule has 0 aromatic rings. The van der Waals surface area contributed by atoms with Crippen LogP contribution in [0.2, 0.25) is 0 Å². The average molecular weight is 181 g/mol. The number of ether oxygens (including phenoxy) is 1. The smallest absolute Gasteiger partial charge is 0.238 e. The summed E-state index contributed by atoms with van der Waals surface area (Å²) in [5.41, 5.74) is 0. The lowest BCUT2D eigenvalue weighted by Crippen LogP contribution is -2.45. The van der Waals surface area contributed by atoms with Crippen LogP contribution in [0.4, 0.5) is 0 Å². The highest BCUT2D eigenvalue weighted by molar-refractivity contribution is 7.88. The third-order valence-electron chi connectivity index (χ3n) is 1.59. The highest BCUT2D eigenvalue weighted by Gasteiger charge is 2.28. The molecule has 1 unspecified atom stereocenters. The molecule has 0 aromatic heterocycles. The molecule has 1 fully saturated rings. The van der Waals surface area contributed by atoms with Crippen molar-refractivity contribution in [1.82, 2.24) is 4.31 Å². The fraction of sp³-hybridized carbons (Fsp3) is 1.00. The molecule has 5 nitrogen and oxygen atoms in total. The molecular formula is C5H11NO4S. The predicted molar refractivity (Wildman–Crippen MR) is 38.4 cm³/mol. The first-order chi connectivity index (χ1) is 5.06. The van der Waals surface area contributed by atoms with Crippen molar-refractivity contribution in [2.24, 2.45) is 0 Å². The van der Waals surface area contributed by atoms with E-state index in [4.69, 9.17) is 9.84 Å². The quantitative estimate of drug-likeness (QED) is 0.540. The maximum atomic E-state index is 11.0. The summed E-state index contributed by atoms with van der Waals surface area (Å²) < 4.78 is 27.9. The van der Waals surface area contributed by atoms with Crippen LogP contribution >= 0.6 is 0 Å². The number of rotatable bonds is 1. The maximum Gasteiger partial charge on any atom is 0.238 e. The lowest BCUT2D eigenvalue weighted by atomic mass is 10.4.